The van der Waals surface area contributed by atoms with Crippen molar-refractivity contribution in [3.63, 3.8) is 0 Å². The van der Waals surface area contributed by atoms with Gasteiger partial charge in [-0.25, -0.2) is 0 Å². The van der Waals surface area contributed by atoms with Crippen LogP contribution < -0.4 is 0 Å². The van der Waals surface area contributed by atoms with Crippen molar-refractivity contribution in [2.45, 2.75) is 44.6 Å². The summed E-state index contributed by atoms with van der Waals surface area (Å²) in [5.74, 6) is -0.888. The highest BCUT2D eigenvalue weighted by Crippen LogP contribution is 2.33. The van der Waals surface area contributed by atoms with Gasteiger partial charge in [0.15, 0.2) is 0 Å². The Morgan fingerprint density at radius 2 is 1.65 bits per heavy atom. The smallest absolute Gasteiger partial charge is 0.306 e. The molecular weight excluding hydrogens is 256 g/mol. The zero-order chi connectivity index (χ0) is 14.1. The molecule has 1 aliphatic carbocycles. The first-order valence-electron chi connectivity index (χ1n) is 7.91. The quantitative estimate of drug-likeness (QED) is 0.843. The Morgan fingerprint density at radius 1 is 0.950 bits per heavy atom. The van der Waals surface area contributed by atoms with Gasteiger partial charge in [0.2, 0.25) is 5.91 Å². The molecule has 3 fully saturated rings. The van der Waals surface area contributed by atoms with E-state index in [1.165, 1.54) is 25.9 Å². The fourth-order valence-corrected chi connectivity index (χ4v) is 4.04. The molecule has 3 atom stereocenters. The van der Waals surface area contributed by atoms with Gasteiger partial charge in [-0.2, -0.15) is 0 Å². The number of carboxylic acid groups (broad SMARTS) is 1. The Balaban J connectivity index is 1.52. The van der Waals surface area contributed by atoms with Crippen LogP contribution in [0.5, 0.6) is 0 Å². The minimum absolute atomic E-state index is 0.0478. The molecule has 2 heterocycles. The van der Waals surface area contributed by atoms with Gasteiger partial charge in [0, 0.05) is 25.0 Å². The molecule has 0 aromatic heterocycles. The first-order valence-corrected chi connectivity index (χ1v) is 7.91. The van der Waals surface area contributed by atoms with E-state index < -0.39 is 5.97 Å². The van der Waals surface area contributed by atoms with E-state index in [1.807, 2.05) is 4.90 Å². The molecule has 5 nitrogen and oxygen atoms in total. The predicted molar refractivity (Wildman–Crippen MR) is 74.3 cm³/mol. The van der Waals surface area contributed by atoms with E-state index in [9.17, 15) is 9.59 Å². The second-order valence-corrected chi connectivity index (χ2v) is 6.51. The number of nitrogens with zero attached hydrogens (tertiary/aromatic N) is 2. The molecule has 20 heavy (non-hydrogen) atoms. The fraction of sp³-hybridized carbons (Fsp3) is 0.867. The molecule has 1 N–H and O–H groups in total. The molecule has 1 saturated carbocycles. The standard InChI is InChI=1S/C15H24N2O3/c18-14(11-3-4-12(9-11)15(19)20)17-8-5-13(10-17)16-6-1-2-7-16/h11-13H,1-10H2,(H,19,20)/t11-,12+,13?/m1/s1. The summed E-state index contributed by atoms with van der Waals surface area (Å²) < 4.78 is 0. The Morgan fingerprint density at radius 3 is 2.30 bits per heavy atom. The van der Waals surface area contributed by atoms with E-state index >= 15 is 0 Å². The summed E-state index contributed by atoms with van der Waals surface area (Å²) in [6.07, 6.45) is 5.61. The molecule has 3 aliphatic rings. The van der Waals surface area contributed by atoms with Crippen LogP contribution in [0.3, 0.4) is 0 Å². The number of carbonyl (C=O) groups excluding carboxylic acids is 1. The van der Waals surface area contributed by atoms with Gasteiger partial charge in [0.05, 0.1) is 5.92 Å². The molecular formula is C15H24N2O3. The number of hydrogen-bond acceptors (Lipinski definition) is 3. The molecule has 2 saturated heterocycles. The van der Waals surface area contributed by atoms with Crippen LogP contribution in [0.2, 0.25) is 0 Å². The lowest BCUT2D eigenvalue weighted by Gasteiger charge is -2.25. The van der Waals surface area contributed by atoms with Crippen molar-refractivity contribution in [2.75, 3.05) is 26.2 Å². The van der Waals surface area contributed by atoms with Crippen molar-refractivity contribution in [3.05, 3.63) is 0 Å². The summed E-state index contributed by atoms with van der Waals surface area (Å²) in [5, 5.41) is 9.03. The molecule has 0 bridgehead atoms. The Kier molecular flexibility index (Phi) is 3.96. The van der Waals surface area contributed by atoms with Gasteiger partial charge >= 0.3 is 5.97 Å². The van der Waals surface area contributed by atoms with Gasteiger partial charge in [0.25, 0.3) is 0 Å². The van der Waals surface area contributed by atoms with E-state index in [1.54, 1.807) is 0 Å². The van der Waals surface area contributed by atoms with Crippen molar-refractivity contribution < 1.29 is 14.7 Å². The average Bonchev–Trinajstić information content (AvgIpc) is 3.17. The van der Waals surface area contributed by atoms with E-state index in [0.717, 1.165) is 25.9 Å². The Bertz CT molecular complexity index is 393. The van der Waals surface area contributed by atoms with Crippen LogP contribution in [0.15, 0.2) is 0 Å². The van der Waals surface area contributed by atoms with E-state index in [4.69, 9.17) is 5.11 Å². The van der Waals surface area contributed by atoms with E-state index in [-0.39, 0.29) is 17.7 Å². The maximum atomic E-state index is 12.5. The summed E-state index contributed by atoms with van der Waals surface area (Å²) in [5.41, 5.74) is 0. The molecule has 0 aromatic rings. The van der Waals surface area contributed by atoms with Crippen molar-refractivity contribution in [1.82, 2.24) is 9.80 Å². The van der Waals surface area contributed by atoms with Crippen LogP contribution in [0.4, 0.5) is 0 Å². The third kappa shape index (κ3) is 2.68. The van der Waals surface area contributed by atoms with Crippen LogP contribution in [0.25, 0.3) is 0 Å². The van der Waals surface area contributed by atoms with E-state index in [0.29, 0.717) is 18.9 Å². The van der Waals surface area contributed by atoms with Crippen LogP contribution in [-0.2, 0) is 9.59 Å². The molecule has 1 unspecified atom stereocenters. The SMILES string of the molecule is O=C(O)[C@H]1CC[C@@H](C(=O)N2CCC(N3CCCC3)C2)C1. The second kappa shape index (κ2) is 5.72. The molecule has 0 radical (unpaired) electrons. The van der Waals surface area contributed by atoms with Crippen LogP contribution in [-0.4, -0.2) is 59.0 Å². The fourth-order valence-electron chi connectivity index (χ4n) is 4.04. The number of aliphatic carboxylic acids is 1. The lowest BCUT2D eigenvalue weighted by Crippen LogP contribution is -2.39. The Hall–Kier alpha value is -1.10. The highest BCUT2D eigenvalue weighted by atomic mass is 16.4. The summed E-state index contributed by atoms with van der Waals surface area (Å²) >= 11 is 0. The summed E-state index contributed by atoms with van der Waals surface area (Å²) in [6, 6.07) is 0.540. The number of rotatable bonds is 3. The number of hydrogen-bond donors (Lipinski definition) is 1. The summed E-state index contributed by atoms with van der Waals surface area (Å²) in [7, 11) is 0. The first kappa shape index (κ1) is 13.9. The van der Waals surface area contributed by atoms with Gasteiger partial charge in [-0.05, 0) is 51.6 Å². The van der Waals surface area contributed by atoms with Crippen molar-refractivity contribution in [3.8, 4) is 0 Å². The molecule has 112 valence electrons. The van der Waals surface area contributed by atoms with E-state index in [2.05, 4.69) is 4.90 Å². The third-order valence-corrected chi connectivity index (χ3v) is 5.26. The molecule has 2 aliphatic heterocycles. The van der Waals surface area contributed by atoms with Gasteiger partial charge in [0.1, 0.15) is 0 Å². The van der Waals surface area contributed by atoms with Crippen molar-refractivity contribution >= 4 is 11.9 Å². The van der Waals surface area contributed by atoms with Crippen LogP contribution in [0.1, 0.15) is 38.5 Å². The minimum atomic E-state index is -0.739. The first-order chi connectivity index (χ1) is 9.65. The Labute approximate surface area is 119 Å². The molecule has 1 amide bonds. The second-order valence-electron chi connectivity index (χ2n) is 6.51. The summed E-state index contributed by atoms with van der Waals surface area (Å²) in [6.45, 7) is 4.07. The van der Waals surface area contributed by atoms with Crippen LogP contribution >= 0.6 is 0 Å². The highest BCUT2D eigenvalue weighted by molar-refractivity contribution is 5.81. The maximum Gasteiger partial charge on any atom is 0.306 e. The van der Waals surface area contributed by atoms with Crippen molar-refractivity contribution in [1.29, 1.82) is 0 Å². The topological polar surface area (TPSA) is 60.9 Å². The lowest BCUT2D eigenvalue weighted by atomic mass is 10.0. The molecule has 0 aromatic carbocycles. The number of carbonyl (C=O) groups is 2. The average molecular weight is 280 g/mol. The zero-order valence-electron chi connectivity index (χ0n) is 12.0. The molecule has 0 spiro atoms. The largest absolute Gasteiger partial charge is 0.481 e. The van der Waals surface area contributed by atoms with Crippen LogP contribution in [0, 0.1) is 11.8 Å². The molecule has 5 heteroatoms. The number of amides is 1. The third-order valence-electron chi connectivity index (χ3n) is 5.26. The molecule has 3 rings (SSSR count). The van der Waals surface area contributed by atoms with Gasteiger partial charge in [-0.3, -0.25) is 14.5 Å². The highest BCUT2D eigenvalue weighted by Gasteiger charge is 2.39. The minimum Gasteiger partial charge on any atom is -0.481 e. The lowest BCUT2D eigenvalue weighted by molar-refractivity contribution is -0.141. The monoisotopic (exact) mass is 280 g/mol. The van der Waals surface area contributed by atoms with Gasteiger partial charge in [-0.1, -0.05) is 0 Å². The van der Waals surface area contributed by atoms with Crippen molar-refractivity contribution in [2.24, 2.45) is 11.8 Å². The number of likely N-dealkylation sites (tertiary alicyclic amines) is 2. The number of carboxylic acids is 1. The predicted octanol–water partition coefficient (Wildman–Crippen LogP) is 1.18. The van der Waals surface area contributed by atoms with Gasteiger partial charge < -0.3 is 10.0 Å². The zero-order valence-corrected chi connectivity index (χ0v) is 12.0. The normalized spacial score (nSPS) is 34.8. The summed E-state index contributed by atoms with van der Waals surface area (Å²) in [4.78, 5) is 28.0. The maximum absolute atomic E-state index is 12.5. The van der Waals surface area contributed by atoms with Gasteiger partial charge in [-0.15, -0.1) is 0 Å².